The first kappa shape index (κ1) is 26.3. The average Bonchev–Trinajstić information content (AvgIpc) is 2.62. The van der Waals surface area contributed by atoms with E-state index in [0.29, 0.717) is 6.04 Å². The van der Waals surface area contributed by atoms with Crippen LogP contribution in [0.5, 0.6) is 5.75 Å². The highest BCUT2D eigenvalue weighted by atomic mass is 127. The molecule has 0 spiro atoms. The number of aliphatic imine (C=N–C) groups is 1. The minimum Gasteiger partial charge on any atom is -0.497 e. The summed E-state index contributed by atoms with van der Waals surface area (Å²) in [5.74, 6) is 1.65. The van der Waals surface area contributed by atoms with Crippen molar-refractivity contribution in [3.63, 3.8) is 0 Å². The van der Waals surface area contributed by atoms with Gasteiger partial charge in [0.1, 0.15) is 5.75 Å². The molecule has 0 saturated carbocycles. The number of hydrogen-bond acceptors (Lipinski definition) is 3. The molecule has 0 aliphatic rings. The molecular weight excluding hydrogens is 475 g/mol. The molecule has 0 bridgehead atoms. The first-order valence-corrected chi connectivity index (χ1v) is 9.90. The molecule has 1 aromatic rings. The Morgan fingerprint density at radius 3 is 2.59 bits per heavy atom. The van der Waals surface area contributed by atoms with E-state index >= 15 is 0 Å². The molecule has 2 N–H and O–H groups in total. The number of methoxy groups -OCH3 is 1. The van der Waals surface area contributed by atoms with Crippen molar-refractivity contribution in [3.8, 4) is 5.75 Å². The molecule has 0 aliphatic carbocycles. The molecule has 27 heavy (non-hydrogen) atoms. The summed E-state index contributed by atoms with van der Waals surface area (Å²) in [7, 11) is 3.82. The van der Waals surface area contributed by atoms with Crippen LogP contribution in [-0.4, -0.2) is 57.2 Å². The lowest BCUT2D eigenvalue weighted by atomic mass is 10.1. The van der Waals surface area contributed by atoms with Gasteiger partial charge in [0, 0.05) is 30.7 Å². The zero-order chi connectivity index (χ0) is 19.4. The number of unbranched alkanes of at least 4 members (excludes halogenated alkanes) is 1. The predicted molar refractivity (Wildman–Crippen MR) is 128 cm³/mol. The summed E-state index contributed by atoms with van der Waals surface area (Å²) in [5, 5.41) is 7.41. The molecule has 0 amide bonds. The SMILES string of the molecule is CCNC(=NCCCCN(C)C(C)C)NCCc1ccc(OC)cc1Cl.I. The second kappa shape index (κ2) is 15.2. The lowest BCUT2D eigenvalue weighted by Crippen LogP contribution is -2.38. The smallest absolute Gasteiger partial charge is 0.191 e. The highest BCUT2D eigenvalue weighted by Gasteiger charge is 2.04. The van der Waals surface area contributed by atoms with Crippen molar-refractivity contribution in [2.75, 3.05) is 40.3 Å². The van der Waals surface area contributed by atoms with Crippen molar-refractivity contribution >= 4 is 41.5 Å². The van der Waals surface area contributed by atoms with Crippen molar-refractivity contribution in [3.05, 3.63) is 28.8 Å². The van der Waals surface area contributed by atoms with E-state index < -0.39 is 0 Å². The summed E-state index contributed by atoms with van der Waals surface area (Å²) in [6.45, 7) is 10.1. The van der Waals surface area contributed by atoms with Gasteiger partial charge in [0.05, 0.1) is 7.11 Å². The van der Waals surface area contributed by atoms with Crippen molar-refractivity contribution in [2.45, 2.75) is 46.1 Å². The molecule has 1 aromatic carbocycles. The number of guanidine groups is 1. The second-order valence-electron chi connectivity index (χ2n) is 6.68. The zero-order valence-corrected chi connectivity index (χ0v) is 20.4. The molecular formula is C20H36ClIN4O. The van der Waals surface area contributed by atoms with E-state index in [2.05, 4.69) is 48.3 Å². The van der Waals surface area contributed by atoms with E-state index in [1.807, 2.05) is 18.2 Å². The molecule has 0 heterocycles. The van der Waals surface area contributed by atoms with Crippen molar-refractivity contribution < 1.29 is 4.74 Å². The van der Waals surface area contributed by atoms with Crippen molar-refractivity contribution in [1.29, 1.82) is 0 Å². The normalized spacial score (nSPS) is 11.5. The molecule has 5 nitrogen and oxygen atoms in total. The Kier molecular flexibility index (Phi) is 14.8. The van der Waals surface area contributed by atoms with Gasteiger partial charge in [0.25, 0.3) is 0 Å². The molecule has 0 aliphatic heterocycles. The fourth-order valence-electron chi connectivity index (χ4n) is 2.44. The van der Waals surface area contributed by atoms with E-state index in [-0.39, 0.29) is 24.0 Å². The molecule has 0 unspecified atom stereocenters. The van der Waals surface area contributed by atoms with Crippen LogP contribution in [0.25, 0.3) is 0 Å². The van der Waals surface area contributed by atoms with Gasteiger partial charge in [-0.1, -0.05) is 17.7 Å². The third-order valence-electron chi connectivity index (χ3n) is 4.36. The highest BCUT2D eigenvalue weighted by Crippen LogP contribution is 2.22. The lowest BCUT2D eigenvalue weighted by molar-refractivity contribution is 0.269. The third kappa shape index (κ3) is 11.0. The van der Waals surface area contributed by atoms with Gasteiger partial charge >= 0.3 is 0 Å². The molecule has 1 rings (SSSR count). The number of ether oxygens (including phenoxy) is 1. The molecule has 0 saturated heterocycles. The molecule has 0 atom stereocenters. The first-order valence-electron chi connectivity index (χ1n) is 9.52. The summed E-state index contributed by atoms with van der Waals surface area (Å²) in [5.41, 5.74) is 1.10. The van der Waals surface area contributed by atoms with Crippen LogP contribution in [0.4, 0.5) is 0 Å². The molecule has 0 aromatic heterocycles. The van der Waals surface area contributed by atoms with Crippen LogP contribution in [0.3, 0.4) is 0 Å². The zero-order valence-electron chi connectivity index (χ0n) is 17.3. The Morgan fingerprint density at radius 1 is 1.26 bits per heavy atom. The van der Waals surface area contributed by atoms with Gasteiger partial charge in [-0.2, -0.15) is 0 Å². The van der Waals surface area contributed by atoms with Gasteiger partial charge in [0.15, 0.2) is 5.96 Å². The quantitative estimate of drug-likeness (QED) is 0.203. The van der Waals surface area contributed by atoms with E-state index in [1.54, 1.807) is 7.11 Å². The number of benzene rings is 1. The minimum atomic E-state index is 0. The molecule has 156 valence electrons. The van der Waals surface area contributed by atoms with Gasteiger partial charge in [-0.15, -0.1) is 24.0 Å². The van der Waals surface area contributed by atoms with Crippen LogP contribution < -0.4 is 15.4 Å². The summed E-state index contributed by atoms with van der Waals surface area (Å²) in [4.78, 5) is 7.03. The topological polar surface area (TPSA) is 48.9 Å². The summed E-state index contributed by atoms with van der Waals surface area (Å²) in [6.07, 6.45) is 3.10. The standard InChI is InChI=1S/C20H35ClN4O.HI/c1-6-22-20(23-12-7-8-14-25(4)16(2)3)24-13-11-17-9-10-18(26-5)15-19(17)21;/h9-10,15-16H,6-8,11-14H2,1-5H3,(H2,22,23,24);1H. The Balaban J connectivity index is 0.00000676. The van der Waals surface area contributed by atoms with Gasteiger partial charge in [-0.3, -0.25) is 4.99 Å². The van der Waals surface area contributed by atoms with E-state index in [1.165, 1.54) is 6.42 Å². The van der Waals surface area contributed by atoms with Crippen molar-refractivity contribution in [1.82, 2.24) is 15.5 Å². The third-order valence-corrected chi connectivity index (χ3v) is 4.71. The number of hydrogen-bond donors (Lipinski definition) is 2. The largest absolute Gasteiger partial charge is 0.497 e. The Hall–Kier alpha value is -0.730. The summed E-state index contributed by atoms with van der Waals surface area (Å²) < 4.78 is 5.18. The summed E-state index contributed by atoms with van der Waals surface area (Å²) in [6, 6.07) is 6.40. The first-order chi connectivity index (χ1) is 12.5. The lowest BCUT2D eigenvalue weighted by Gasteiger charge is -2.20. The van der Waals surface area contributed by atoms with Crippen LogP contribution in [-0.2, 0) is 6.42 Å². The van der Waals surface area contributed by atoms with Crippen molar-refractivity contribution in [2.24, 2.45) is 4.99 Å². The van der Waals surface area contributed by atoms with E-state index in [0.717, 1.165) is 61.3 Å². The van der Waals surface area contributed by atoms with Gasteiger partial charge in [-0.25, -0.2) is 0 Å². The molecule has 0 radical (unpaired) electrons. The van der Waals surface area contributed by atoms with Crippen LogP contribution >= 0.6 is 35.6 Å². The van der Waals surface area contributed by atoms with Crippen LogP contribution in [0, 0.1) is 0 Å². The number of halogens is 2. The van der Waals surface area contributed by atoms with Crippen LogP contribution in [0.15, 0.2) is 23.2 Å². The maximum Gasteiger partial charge on any atom is 0.191 e. The van der Waals surface area contributed by atoms with Gasteiger partial charge in [0.2, 0.25) is 0 Å². The van der Waals surface area contributed by atoms with E-state index in [4.69, 9.17) is 16.3 Å². The fraction of sp³-hybridized carbons (Fsp3) is 0.650. The second-order valence-corrected chi connectivity index (χ2v) is 7.08. The number of nitrogens with zero attached hydrogens (tertiary/aromatic N) is 2. The number of rotatable bonds is 11. The van der Waals surface area contributed by atoms with E-state index in [9.17, 15) is 0 Å². The Bertz CT molecular complexity index is 555. The Morgan fingerprint density at radius 2 is 2.00 bits per heavy atom. The summed E-state index contributed by atoms with van der Waals surface area (Å²) >= 11 is 6.29. The molecule has 7 heteroatoms. The fourth-order valence-corrected chi connectivity index (χ4v) is 2.70. The monoisotopic (exact) mass is 510 g/mol. The maximum atomic E-state index is 6.29. The average molecular weight is 511 g/mol. The molecule has 0 fully saturated rings. The van der Waals surface area contributed by atoms with Crippen LogP contribution in [0.2, 0.25) is 5.02 Å². The van der Waals surface area contributed by atoms with Gasteiger partial charge in [-0.05, 0) is 71.3 Å². The maximum absolute atomic E-state index is 6.29. The minimum absolute atomic E-state index is 0. The van der Waals surface area contributed by atoms with Gasteiger partial charge < -0.3 is 20.3 Å². The Labute approximate surface area is 187 Å². The highest BCUT2D eigenvalue weighted by molar-refractivity contribution is 14.0. The number of nitrogens with one attached hydrogen (secondary N) is 2. The van der Waals surface area contributed by atoms with Crippen LogP contribution in [0.1, 0.15) is 39.2 Å². The predicted octanol–water partition coefficient (Wildman–Crippen LogP) is 4.18.